The lowest BCUT2D eigenvalue weighted by atomic mass is 9.96. The third kappa shape index (κ3) is 6.07. The third-order valence-electron chi connectivity index (χ3n) is 3.19. The number of benzene rings is 1. The summed E-state index contributed by atoms with van der Waals surface area (Å²) in [6.07, 6.45) is 1.48. The second kappa shape index (κ2) is 8.80. The maximum atomic E-state index is 12.2. The molecule has 0 aliphatic rings. The van der Waals surface area contributed by atoms with E-state index >= 15 is 0 Å². The van der Waals surface area contributed by atoms with Crippen LogP contribution in [-0.4, -0.2) is 30.3 Å². The van der Waals surface area contributed by atoms with Crippen molar-refractivity contribution in [1.82, 2.24) is 0 Å². The topological polar surface area (TPSA) is 81.4 Å². The Morgan fingerprint density at radius 2 is 2.14 bits per heavy atom. The van der Waals surface area contributed by atoms with Crippen LogP contribution in [0.15, 0.2) is 24.3 Å². The van der Waals surface area contributed by atoms with Gasteiger partial charge in [0, 0.05) is 11.4 Å². The van der Waals surface area contributed by atoms with Crippen molar-refractivity contribution >= 4 is 29.3 Å². The van der Waals surface area contributed by atoms with Crippen molar-refractivity contribution in [2.45, 2.75) is 38.0 Å². The fourth-order valence-corrected chi connectivity index (χ4v) is 2.76. The molecule has 3 N–H and O–H groups in total. The summed E-state index contributed by atoms with van der Waals surface area (Å²) in [7, 11) is 1.37. The number of nitrogens with one attached hydrogen (secondary N) is 1. The smallest absolute Gasteiger partial charge is 0.315 e. The van der Waals surface area contributed by atoms with Crippen LogP contribution in [-0.2, 0) is 20.1 Å². The van der Waals surface area contributed by atoms with Gasteiger partial charge in [0.15, 0.2) is 0 Å². The van der Waals surface area contributed by atoms with Gasteiger partial charge in [0.2, 0.25) is 5.91 Å². The molecule has 1 amide bonds. The third-order valence-corrected chi connectivity index (χ3v) is 4.17. The number of carbonyl (C=O) groups excluding carboxylic acids is 2. The Morgan fingerprint density at radius 1 is 1.41 bits per heavy atom. The number of ether oxygens (including phenoxy) is 1. The average molecular weight is 324 g/mol. The van der Waals surface area contributed by atoms with E-state index in [-0.39, 0.29) is 11.9 Å². The number of anilines is 1. The maximum Gasteiger partial charge on any atom is 0.315 e. The van der Waals surface area contributed by atoms with Crippen molar-refractivity contribution in [2.24, 2.45) is 5.73 Å². The largest absolute Gasteiger partial charge is 0.468 e. The molecule has 22 heavy (non-hydrogen) atoms. The number of methoxy groups -OCH3 is 1. The monoisotopic (exact) mass is 324 g/mol. The summed E-state index contributed by atoms with van der Waals surface area (Å²) in [5.41, 5.74) is 6.89. The Kier molecular flexibility index (Phi) is 7.41. The quantitative estimate of drug-likeness (QED) is 0.718. The lowest BCUT2D eigenvalue weighted by Gasteiger charge is -2.23. The molecular weight excluding hydrogens is 300 g/mol. The van der Waals surface area contributed by atoms with Gasteiger partial charge in [0.05, 0.1) is 18.4 Å². The van der Waals surface area contributed by atoms with E-state index in [4.69, 9.17) is 5.73 Å². The van der Waals surface area contributed by atoms with Gasteiger partial charge in [-0.15, -0.1) is 11.8 Å². The molecule has 0 fully saturated rings. The number of nitrogens with two attached hydrogens (primary N) is 1. The van der Waals surface area contributed by atoms with Crippen LogP contribution in [0.4, 0.5) is 5.69 Å². The molecule has 1 aromatic carbocycles. The van der Waals surface area contributed by atoms with E-state index in [1.165, 1.54) is 18.9 Å². The highest BCUT2D eigenvalue weighted by atomic mass is 32.2. The molecule has 1 unspecified atom stereocenters. The minimum absolute atomic E-state index is 0.186. The highest BCUT2D eigenvalue weighted by Crippen LogP contribution is 2.18. The zero-order valence-electron chi connectivity index (χ0n) is 13.3. The van der Waals surface area contributed by atoms with Gasteiger partial charge in [-0.3, -0.25) is 9.59 Å². The van der Waals surface area contributed by atoms with Gasteiger partial charge in [-0.2, -0.15) is 0 Å². The normalized spacial score (nSPS) is 13.3. The van der Waals surface area contributed by atoms with E-state index in [9.17, 15) is 9.59 Å². The predicted octanol–water partition coefficient (Wildman–Crippen LogP) is 2.55. The number of rotatable bonds is 8. The Bertz CT molecular complexity index is 518. The van der Waals surface area contributed by atoms with Gasteiger partial charge in [-0.05, 0) is 31.0 Å². The van der Waals surface area contributed by atoms with Gasteiger partial charge < -0.3 is 15.8 Å². The highest BCUT2D eigenvalue weighted by Gasteiger charge is 2.27. The van der Waals surface area contributed by atoms with E-state index in [1.807, 2.05) is 31.2 Å². The van der Waals surface area contributed by atoms with Gasteiger partial charge in [-0.1, -0.05) is 25.5 Å². The Morgan fingerprint density at radius 3 is 2.77 bits per heavy atom. The van der Waals surface area contributed by atoms with Crippen LogP contribution in [0.1, 0.15) is 32.3 Å². The molecule has 0 bridgehead atoms. The van der Waals surface area contributed by atoms with Crippen LogP contribution in [0.25, 0.3) is 0 Å². The zero-order valence-corrected chi connectivity index (χ0v) is 14.2. The van der Waals surface area contributed by atoms with E-state index in [0.29, 0.717) is 23.6 Å². The van der Waals surface area contributed by atoms with Crippen LogP contribution in [0.2, 0.25) is 0 Å². The number of thioether (sulfide) groups is 1. The molecule has 0 aliphatic carbocycles. The first-order valence-corrected chi connectivity index (χ1v) is 8.38. The van der Waals surface area contributed by atoms with Crippen molar-refractivity contribution in [2.75, 3.05) is 18.2 Å². The first-order chi connectivity index (χ1) is 10.4. The maximum absolute atomic E-state index is 12.2. The van der Waals surface area contributed by atoms with E-state index in [1.54, 1.807) is 6.92 Å². The molecule has 0 aliphatic heterocycles. The summed E-state index contributed by atoms with van der Waals surface area (Å²) in [4.78, 5) is 23.2. The first kappa shape index (κ1) is 18.5. The summed E-state index contributed by atoms with van der Waals surface area (Å²) >= 11 is 1.47. The number of amides is 1. The van der Waals surface area contributed by atoms with Crippen molar-refractivity contribution in [1.29, 1.82) is 0 Å². The second-order valence-electron chi connectivity index (χ2n) is 5.39. The van der Waals surface area contributed by atoms with Crippen LogP contribution in [0, 0.1) is 0 Å². The Labute approximate surface area is 136 Å². The molecule has 0 aromatic heterocycles. The van der Waals surface area contributed by atoms with E-state index in [0.717, 1.165) is 12.0 Å². The van der Waals surface area contributed by atoms with Crippen LogP contribution >= 0.6 is 11.8 Å². The minimum Gasteiger partial charge on any atom is -0.468 e. The van der Waals surface area contributed by atoms with Crippen molar-refractivity contribution in [3.8, 4) is 0 Å². The van der Waals surface area contributed by atoms with E-state index < -0.39 is 5.54 Å². The highest BCUT2D eigenvalue weighted by molar-refractivity contribution is 7.99. The molecule has 1 rings (SSSR count). The average Bonchev–Trinajstić information content (AvgIpc) is 2.47. The second-order valence-corrected chi connectivity index (χ2v) is 6.38. The zero-order chi connectivity index (χ0) is 16.6. The molecule has 0 radical (unpaired) electrons. The minimum atomic E-state index is -0.871. The Balaban J connectivity index is 2.60. The number of esters is 1. The molecule has 0 heterocycles. The molecular formula is C16H24N2O3S. The van der Waals surface area contributed by atoms with Crippen LogP contribution < -0.4 is 11.1 Å². The predicted molar refractivity (Wildman–Crippen MR) is 90.8 cm³/mol. The van der Waals surface area contributed by atoms with Crippen molar-refractivity contribution in [3.05, 3.63) is 29.8 Å². The lowest BCUT2D eigenvalue weighted by Crippen LogP contribution is -2.48. The fourth-order valence-electron chi connectivity index (χ4n) is 1.96. The molecule has 1 aromatic rings. The molecule has 6 heteroatoms. The molecule has 1 atom stereocenters. The SMILES string of the molecule is CCCC(C)(N)C(=O)Nc1cccc(CSCC(=O)OC)c1. The summed E-state index contributed by atoms with van der Waals surface area (Å²) in [6, 6.07) is 7.55. The fraction of sp³-hybridized carbons (Fsp3) is 0.500. The molecule has 0 saturated heterocycles. The lowest BCUT2D eigenvalue weighted by molar-refractivity contribution is -0.137. The standard InChI is InChI=1S/C16H24N2O3S/c1-4-8-16(2,17)15(20)18-13-7-5-6-12(9-13)10-22-11-14(19)21-3/h5-7,9H,4,8,10-11,17H2,1-3H3,(H,18,20). The molecule has 5 nitrogen and oxygen atoms in total. The van der Waals surface area contributed by atoms with E-state index in [2.05, 4.69) is 10.1 Å². The van der Waals surface area contributed by atoms with Crippen molar-refractivity contribution < 1.29 is 14.3 Å². The van der Waals surface area contributed by atoms with Crippen molar-refractivity contribution in [3.63, 3.8) is 0 Å². The van der Waals surface area contributed by atoms with Gasteiger partial charge in [0.1, 0.15) is 0 Å². The molecule has 122 valence electrons. The summed E-state index contributed by atoms with van der Waals surface area (Å²) in [5.74, 6) is 0.555. The number of carbonyl (C=O) groups is 2. The molecule has 0 spiro atoms. The summed E-state index contributed by atoms with van der Waals surface area (Å²) < 4.78 is 4.59. The summed E-state index contributed by atoms with van der Waals surface area (Å²) in [5, 5.41) is 2.85. The van der Waals surface area contributed by atoms with Gasteiger partial charge in [-0.25, -0.2) is 0 Å². The first-order valence-electron chi connectivity index (χ1n) is 7.23. The number of hydrogen-bond donors (Lipinski definition) is 2. The van der Waals surface area contributed by atoms with Crippen LogP contribution in [0.3, 0.4) is 0 Å². The van der Waals surface area contributed by atoms with Crippen LogP contribution in [0.5, 0.6) is 0 Å². The summed E-state index contributed by atoms with van der Waals surface area (Å²) in [6.45, 7) is 3.74. The Hall–Kier alpha value is -1.53. The number of hydrogen-bond acceptors (Lipinski definition) is 5. The van der Waals surface area contributed by atoms with Gasteiger partial charge in [0.25, 0.3) is 0 Å². The van der Waals surface area contributed by atoms with Gasteiger partial charge >= 0.3 is 5.97 Å². The molecule has 0 saturated carbocycles.